The van der Waals surface area contributed by atoms with E-state index in [9.17, 15) is 0 Å². The van der Waals surface area contributed by atoms with Gasteiger partial charge in [0.2, 0.25) is 0 Å². The second-order valence-corrected chi connectivity index (χ2v) is 7.29. The van der Waals surface area contributed by atoms with Gasteiger partial charge in [-0.3, -0.25) is 4.90 Å². The molecule has 2 atom stereocenters. The van der Waals surface area contributed by atoms with E-state index in [1.54, 1.807) is 0 Å². The molecular weight excluding hydrogens is 291 g/mol. The van der Waals surface area contributed by atoms with Gasteiger partial charge in [0.05, 0.1) is 10.0 Å². The maximum Gasteiger partial charge on any atom is 0.0637 e. The largest absolute Gasteiger partial charge is 0.311 e. The van der Waals surface area contributed by atoms with Gasteiger partial charge in [-0.05, 0) is 44.2 Å². The van der Waals surface area contributed by atoms with Crippen molar-refractivity contribution in [2.75, 3.05) is 13.1 Å². The Bertz CT molecular complexity index is 501. The molecule has 1 aliphatic carbocycles. The van der Waals surface area contributed by atoms with Crippen molar-refractivity contribution in [1.29, 1.82) is 0 Å². The van der Waals surface area contributed by atoms with Gasteiger partial charge in [-0.2, -0.15) is 0 Å². The summed E-state index contributed by atoms with van der Waals surface area (Å²) in [6.45, 7) is 7.66. The summed E-state index contributed by atoms with van der Waals surface area (Å²) in [4.78, 5) is 2.60. The Hall–Kier alpha value is -0.280. The predicted octanol–water partition coefficient (Wildman–Crippen LogP) is 3.96. The molecule has 0 bridgehead atoms. The van der Waals surface area contributed by atoms with Crippen molar-refractivity contribution in [3.8, 4) is 0 Å². The zero-order chi connectivity index (χ0) is 14.3. The SMILES string of the molecule is CC1CN(Cc2cccc(Cl)c2Cl)C(C)(C2CC2)CN1. The van der Waals surface area contributed by atoms with Gasteiger partial charge in [0.15, 0.2) is 0 Å². The van der Waals surface area contributed by atoms with Crippen molar-refractivity contribution in [2.45, 2.75) is 44.8 Å². The normalized spacial score (nSPS) is 31.5. The second kappa shape index (κ2) is 5.49. The molecule has 2 nitrogen and oxygen atoms in total. The van der Waals surface area contributed by atoms with Crippen LogP contribution >= 0.6 is 23.2 Å². The molecule has 1 saturated carbocycles. The average molecular weight is 313 g/mol. The van der Waals surface area contributed by atoms with Gasteiger partial charge in [-0.15, -0.1) is 0 Å². The summed E-state index contributed by atoms with van der Waals surface area (Å²) in [5.41, 5.74) is 1.39. The number of piperazine rings is 1. The number of hydrogen-bond donors (Lipinski definition) is 1. The van der Waals surface area contributed by atoms with Gasteiger partial charge >= 0.3 is 0 Å². The molecule has 1 aromatic carbocycles. The Labute approximate surface area is 131 Å². The van der Waals surface area contributed by atoms with Crippen molar-refractivity contribution in [3.63, 3.8) is 0 Å². The van der Waals surface area contributed by atoms with E-state index in [1.807, 2.05) is 12.1 Å². The number of nitrogens with one attached hydrogen (secondary N) is 1. The summed E-state index contributed by atoms with van der Waals surface area (Å²) in [5.74, 6) is 0.820. The van der Waals surface area contributed by atoms with Gasteiger partial charge in [-0.1, -0.05) is 35.3 Å². The van der Waals surface area contributed by atoms with Crippen LogP contribution < -0.4 is 5.32 Å². The van der Waals surface area contributed by atoms with Crippen LogP contribution in [-0.4, -0.2) is 29.6 Å². The second-order valence-electron chi connectivity index (χ2n) is 6.51. The van der Waals surface area contributed by atoms with Crippen molar-refractivity contribution in [3.05, 3.63) is 33.8 Å². The lowest BCUT2D eigenvalue weighted by Gasteiger charge is -2.48. The quantitative estimate of drug-likeness (QED) is 0.909. The van der Waals surface area contributed by atoms with Crippen molar-refractivity contribution in [2.24, 2.45) is 5.92 Å². The van der Waals surface area contributed by atoms with Gasteiger partial charge in [-0.25, -0.2) is 0 Å². The molecule has 1 N–H and O–H groups in total. The molecule has 2 aliphatic rings. The van der Waals surface area contributed by atoms with Crippen LogP contribution in [0, 0.1) is 5.92 Å². The number of halogens is 2. The first kappa shape index (κ1) is 14.6. The number of rotatable bonds is 3. The van der Waals surface area contributed by atoms with Crippen LogP contribution in [0.2, 0.25) is 10.0 Å². The Morgan fingerprint density at radius 1 is 1.35 bits per heavy atom. The van der Waals surface area contributed by atoms with Crippen LogP contribution in [0.15, 0.2) is 18.2 Å². The molecule has 0 aromatic heterocycles. The molecular formula is C16H22Cl2N2. The summed E-state index contributed by atoms with van der Waals surface area (Å²) in [7, 11) is 0. The maximum absolute atomic E-state index is 6.36. The Morgan fingerprint density at radius 2 is 2.10 bits per heavy atom. The predicted molar refractivity (Wildman–Crippen MR) is 85.5 cm³/mol. The molecule has 4 heteroatoms. The molecule has 1 aliphatic heterocycles. The third-order valence-electron chi connectivity index (χ3n) is 4.87. The molecule has 110 valence electrons. The van der Waals surface area contributed by atoms with Gasteiger partial charge in [0.1, 0.15) is 0 Å². The third-order valence-corrected chi connectivity index (χ3v) is 5.73. The fraction of sp³-hybridized carbons (Fsp3) is 0.625. The van der Waals surface area contributed by atoms with E-state index in [1.165, 1.54) is 12.8 Å². The number of nitrogens with zero attached hydrogens (tertiary/aromatic N) is 1. The first-order valence-electron chi connectivity index (χ1n) is 7.42. The fourth-order valence-electron chi connectivity index (χ4n) is 3.33. The molecule has 0 radical (unpaired) electrons. The minimum absolute atomic E-state index is 0.248. The Morgan fingerprint density at radius 3 is 2.80 bits per heavy atom. The molecule has 0 spiro atoms. The van der Waals surface area contributed by atoms with Crippen molar-refractivity contribution in [1.82, 2.24) is 10.2 Å². The smallest absolute Gasteiger partial charge is 0.0637 e. The molecule has 1 aromatic rings. The van der Waals surface area contributed by atoms with Gasteiger partial charge in [0.25, 0.3) is 0 Å². The van der Waals surface area contributed by atoms with Gasteiger partial charge in [0, 0.05) is 31.2 Å². The van der Waals surface area contributed by atoms with Crippen LogP contribution in [0.4, 0.5) is 0 Å². The van der Waals surface area contributed by atoms with E-state index in [-0.39, 0.29) is 5.54 Å². The lowest BCUT2D eigenvalue weighted by Crippen LogP contribution is -2.63. The number of benzene rings is 1. The first-order valence-corrected chi connectivity index (χ1v) is 8.17. The Kier molecular flexibility index (Phi) is 4.02. The summed E-state index contributed by atoms with van der Waals surface area (Å²) < 4.78 is 0. The summed E-state index contributed by atoms with van der Waals surface area (Å²) in [6, 6.07) is 6.46. The van der Waals surface area contributed by atoms with E-state index < -0.39 is 0 Å². The van der Waals surface area contributed by atoms with Crippen LogP contribution in [0.3, 0.4) is 0 Å². The van der Waals surface area contributed by atoms with Crippen LogP contribution in [-0.2, 0) is 6.54 Å². The minimum atomic E-state index is 0.248. The number of hydrogen-bond acceptors (Lipinski definition) is 2. The van der Waals surface area contributed by atoms with Gasteiger partial charge < -0.3 is 5.32 Å². The summed E-state index contributed by atoms with van der Waals surface area (Å²) >= 11 is 12.5. The maximum atomic E-state index is 6.36. The van der Waals surface area contributed by atoms with Crippen LogP contribution in [0.5, 0.6) is 0 Å². The highest BCUT2D eigenvalue weighted by molar-refractivity contribution is 6.42. The molecule has 1 saturated heterocycles. The summed E-state index contributed by atoms with van der Waals surface area (Å²) in [6.07, 6.45) is 2.71. The zero-order valence-electron chi connectivity index (χ0n) is 12.1. The lowest BCUT2D eigenvalue weighted by molar-refractivity contribution is 0.0312. The summed E-state index contributed by atoms with van der Waals surface area (Å²) in [5, 5.41) is 5.00. The average Bonchev–Trinajstić information content (AvgIpc) is 3.24. The molecule has 2 unspecified atom stereocenters. The van der Waals surface area contributed by atoms with Crippen molar-refractivity contribution < 1.29 is 0 Å². The molecule has 0 amide bonds. The molecule has 2 fully saturated rings. The van der Waals surface area contributed by atoms with E-state index in [0.717, 1.165) is 31.1 Å². The van der Waals surface area contributed by atoms with Crippen LogP contribution in [0.1, 0.15) is 32.3 Å². The van der Waals surface area contributed by atoms with Crippen LogP contribution in [0.25, 0.3) is 0 Å². The topological polar surface area (TPSA) is 15.3 Å². The minimum Gasteiger partial charge on any atom is -0.311 e. The highest BCUT2D eigenvalue weighted by atomic mass is 35.5. The highest BCUT2D eigenvalue weighted by Gasteiger charge is 2.47. The fourth-order valence-corrected chi connectivity index (χ4v) is 3.71. The van der Waals surface area contributed by atoms with E-state index in [0.29, 0.717) is 16.1 Å². The lowest BCUT2D eigenvalue weighted by atomic mass is 9.89. The first-order chi connectivity index (χ1) is 9.50. The molecule has 20 heavy (non-hydrogen) atoms. The van der Waals surface area contributed by atoms with Crippen molar-refractivity contribution >= 4 is 23.2 Å². The van der Waals surface area contributed by atoms with E-state index in [4.69, 9.17) is 23.2 Å². The third kappa shape index (κ3) is 2.71. The highest BCUT2D eigenvalue weighted by Crippen LogP contribution is 2.44. The monoisotopic (exact) mass is 312 g/mol. The van der Waals surface area contributed by atoms with E-state index in [2.05, 4.69) is 30.1 Å². The standard InChI is InChI=1S/C16H22Cl2N2/c1-11-8-20(16(2,10-19-11)13-6-7-13)9-12-4-3-5-14(17)15(12)18/h3-5,11,13,19H,6-10H2,1-2H3. The molecule has 3 rings (SSSR count). The zero-order valence-corrected chi connectivity index (χ0v) is 13.6. The Balaban J connectivity index is 1.84. The molecule has 1 heterocycles. The van der Waals surface area contributed by atoms with E-state index >= 15 is 0 Å².